The quantitative estimate of drug-likeness (QED) is 0.486. The van der Waals surface area contributed by atoms with E-state index in [4.69, 9.17) is 0 Å². The van der Waals surface area contributed by atoms with Gasteiger partial charge in [-0.1, -0.05) is 12.5 Å². The van der Waals surface area contributed by atoms with Crippen LogP contribution in [0.4, 0.5) is 4.39 Å². The number of aromatic amines is 1. The van der Waals surface area contributed by atoms with Crippen LogP contribution >= 0.6 is 0 Å². The van der Waals surface area contributed by atoms with Gasteiger partial charge in [-0.25, -0.2) is 4.39 Å². The highest BCUT2D eigenvalue weighted by atomic mass is 19.1. The van der Waals surface area contributed by atoms with Crippen LogP contribution < -0.4 is 5.32 Å². The molecule has 1 saturated heterocycles. The number of rotatable bonds is 4. The Morgan fingerprint density at radius 2 is 2.00 bits per heavy atom. The first kappa shape index (κ1) is 18.7. The Balaban J connectivity index is 1.40. The molecule has 3 aromatic heterocycles. The van der Waals surface area contributed by atoms with Gasteiger partial charge in [-0.05, 0) is 62.4 Å². The largest absolute Gasteiger partial charge is 0.310 e. The molecular weight excluding hydrogens is 391 g/mol. The van der Waals surface area contributed by atoms with Crippen LogP contribution in [-0.4, -0.2) is 31.5 Å². The molecule has 0 unspecified atom stereocenters. The highest BCUT2D eigenvalue weighted by molar-refractivity contribution is 5.94. The lowest BCUT2D eigenvalue weighted by Crippen LogP contribution is -2.26. The van der Waals surface area contributed by atoms with Gasteiger partial charge in [-0.2, -0.15) is 10.2 Å². The second kappa shape index (κ2) is 7.27. The fourth-order valence-corrected chi connectivity index (χ4v) is 4.71. The molecule has 1 saturated carbocycles. The van der Waals surface area contributed by atoms with E-state index in [2.05, 4.69) is 31.7 Å². The van der Waals surface area contributed by atoms with Gasteiger partial charge < -0.3 is 5.32 Å². The van der Waals surface area contributed by atoms with Crippen LogP contribution in [0.2, 0.25) is 0 Å². The molecule has 0 amide bonds. The van der Waals surface area contributed by atoms with Crippen molar-refractivity contribution < 1.29 is 4.39 Å². The Morgan fingerprint density at radius 1 is 1.10 bits per heavy atom. The van der Waals surface area contributed by atoms with Crippen molar-refractivity contribution in [1.29, 1.82) is 0 Å². The number of fused-ring (bicyclic) bond motifs is 1. The summed E-state index contributed by atoms with van der Waals surface area (Å²) in [5.74, 6) is -0.221. The molecule has 2 fully saturated rings. The summed E-state index contributed by atoms with van der Waals surface area (Å²) in [6, 6.07) is 6.46. The zero-order valence-electron chi connectivity index (χ0n) is 17.5. The molecular formula is C24H25FN6. The average Bonchev–Trinajstić information content (AvgIpc) is 3.37. The maximum absolute atomic E-state index is 15.3. The lowest BCUT2D eigenvalue weighted by atomic mass is 9.93. The molecule has 4 heterocycles. The average molecular weight is 417 g/mol. The lowest BCUT2D eigenvalue weighted by Gasteiger charge is -2.24. The summed E-state index contributed by atoms with van der Waals surface area (Å²) < 4.78 is 17.3. The number of benzene rings is 1. The van der Waals surface area contributed by atoms with Gasteiger partial charge in [-0.15, -0.1) is 0 Å². The summed E-state index contributed by atoms with van der Waals surface area (Å²) in [6.07, 6.45) is 11.4. The van der Waals surface area contributed by atoms with Gasteiger partial charge in [0.2, 0.25) is 0 Å². The SMILES string of the molecule is Cc1cc([C@H]2CCCCN2)cc(F)c1-c1cc2c(-c3cnn(C4CC4)c3)n[nH]c2cn1. The number of nitrogens with one attached hydrogen (secondary N) is 2. The number of halogens is 1. The first-order valence-electron chi connectivity index (χ1n) is 11.1. The highest BCUT2D eigenvalue weighted by Crippen LogP contribution is 2.37. The predicted molar refractivity (Wildman–Crippen MR) is 118 cm³/mol. The number of hydrogen-bond acceptors (Lipinski definition) is 4. The normalized spacial score (nSPS) is 19.2. The molecule has 4 aromatic rings. The van der Waals surface area contributed by atoms with Crippen LogP contribution in [0.3, 0.4) is 0 Å². The maximum atomic E-state index is 15.3. The van der Waals surface area contributed by atoms with E-state index in [-0.39, 0.29) is 11.9 Å². The molecule has 1 atom stereocenters. The van der Waals surface area contributed by atoms with E-state index in [0.29, 0.717) is 17.3 Å². The first-order chi connectivity index (χ1) is 15.2. The van der Waals surface area contributed by atoms with Crippen molar-refractivity contribution in [2.75, 3.05) is 6.54 Å². The third-order valence-corrected chi connectivity index (χ3v) is 6.52. The smallest absolute Gasteiger partial charge is 0.133 e. The number of nitrogens with zero attached hydrogens (tertiary/aromatic N) is 4. The second-order valence-electron chi connectivity index (χ2n) is 8.82. The van der Waals surface area contributed by atoms with E-state index in [0.717, 1.165) is 46.3 Å². The summed E-state index contributed by atoms with van der Waals surface area (Å²) in [5.41, 5.74) is 5.74. The van der Waals surface area contributed by atoms with Crippen molar-refractivity contribution in [3.05, 3.63) is 53.7 Å². The monoisotopic (exact) mass is 416 g/mol. The molecule has 0 spiro atoms. The van der Waals surface area contributed by atoms with Gasteiger partial charge in [0.05, 0.1) is 29.6 Å². The molecule has 1 aliphatic heterocycles. The molecule has 1 aliphatic carbocycles. The van der Waals surface area contributed by atoms with Crippen LogP contribution in [0.15, 0.2) is 36.8 Å². The number of pyridine rings is 1. The minimum atomic E-state index is -0.221. The summed E-state index contributed by atoms with van der Waals surface area (Å²) in [7, 11) is 0. The fraction of sp³-hybridized carbons (Fsp3) is 0.375. The Labute approximate surface area is 179 Å². The first-order valence-corrected chi connectivity index (χ1v) is 11.1. The molecule has 1 aromatic carbocycles. The van der Waals surface area contributed by atoms with Gasteiger partial charge in [0.15, 0.2) is 0 Å². The van der Waals surface area contributed by atoms with Crippen LogP contribution in [0.1, 0.15) is 55.3 Å². The van der Waals surface area contributed by atoms with E-state index in [1.807, 2.05) is 30.1 Å². The van der Waals surface area contributed by atoms with Crippen molar-refractivity contribution in [2.45, 2.75) is 51.1 Å². The molecule has 0 radical (unpaired) electrons. The van der Waals surface area contributed by atoms with Gasteiger partial charge in [-0.3, -0.25) is 14.8 Å². The van der Waals surface area contributed by atoms with E-state index in [1.165, 1.54) is 25.7 Å². The topological polar surface area (TPSA) is 71.4 Å². The molecule has 7 heteroatoms. The molecule has 0 bridgehead atoms. The van der Waals surface area contributed by atoms with Crippen molar-refractivity contribution in [1.82, 2.24) is 30.3 Å². The molecule has 6 rings (SSSR count). The third-order valence-electron chi connectivity index (χ3n) is 6.52. The maximum Gasteiger partial charge on any atom is 0.133 e. The van der Waals surface area contributed by atoms with Crippen LogP contribution in [0.5, 0.6) is 0 Å². The van der Waals surface area contributed by atoms with E-state index >= 15 is 4.39 Å². The standard InChI is InChI=1S/C24H25FN6/c1-14-8-15(20-4-2-3-7-26-20)9-19(25)23(14)21-10-18-22(12-27-21)29-30-24(18)16-11-28-31(13-16)17-5-6-17/h8-13,17,20,26H,2-7H2,1H3,(H,29,30)/t20-/m1/s1. The minimum absolute atomic E-state index is 0.221. The second-order valence-corrected chi connectivity index (χ2v) is 8.82. The lowest BCUT2D eigenvalue weighted by molar-refractivity contribution is 0.411. The summed E-state index contributed by atoms with van der Waals surface area (Å²) in [5, 5.41) is 16.5. The van der Waals surface area contributed by atoms with Gasteiger partial charge in [0.25, 0.3) is 0 Å². The predicted octanol–water partition coefficient (Wildman–Crippen LogP) is 5.09. The Hall–Kier alpha value is -3.06. The molecule has 6 nitrogen and oxygen atoms in total. The van der Waals surface area contributed by atoms with Crippen LogP contribution in [0, 0.1) is 12.7 Å². The molecule has 2 aliphatic rings. The number of hydrogen-bond donors (Lipinski definition) is 2. The van der Waals surface area contributed by atoms with Crippen molar-refractivity contribution in [2.24, 2.45) is 0 Å². The number of aromatic nitrogens is 5. The van der Waals surface area contributed by atoms with Crippen molar-refractivity contribution >= 4 is 10.9 Å². The Kier molecular flexibility index (Phi) is 4.38. The van der Waals surface area contributed by atoms with Crippen molar-refractivity contribution in [3.63, 3.8) is 0 Å². The van der Waals surface area contributed by atoms with Gasteiger partial charge >= 0.3 is 0 Å². The minimum Gasteiger partial charge on any atom is -0.310 e. The summed E-state index contributed by atoms with van der Waals surface area (Å²) in [6.45, 7) is 2.96. The summed E-state index contributed by atoms with van der Waals surface area (Å²) >= 11 is 0. The highest BCUT2D eigenvalue weighted by Gasteiger charge is 2.25. The van der Waals surface area contributed by atoms with E-state index in [9.17, 15) is 0 Å². The van der Waals surface area contributed by atoms with E-state index in [1.54, 1.807) is 12.3 Å². The zero-order valence-corrected chi connectivity index (χ0v) is 17.5. The summed E-state index contributed by atoms with van der Waals surface area (Å²) in [4.78, 5) is 4.54. The number of aryl methyl sites for hydroxylation is 1. The fourth-order valence-electron chi connectivity index (χ4n) is 4.71. The van der Waals surface area contributed by atoms with Gasteiger partial charge in [0.1, 0.15) is 11.5 Å². The van der Waals surface area contributed by atoms with Crippen molar-refractivity contribution in [3.8, 4) is 22.5 Å². The Morgan fingerprint density at radius 3 is 2.77 bits per heavy atom. The molecule has 31 heavy (non-hydrogen) atoms. The number of H-pyrrole nitrogens is 1. The number of piperidine rings is 1. The van der Waals surface area contributed by atoms with Gasteiger partial charge in [0, 0.05) is 28.8 Å². The molecule has 2 N–H and O–H groups in total. The zero-order chi connectivity index (χ0) is 20.9. The third kappa shape index (κ3) is 3.33. The molecule has 158 valence electrons. The van der Waals surface area contributed by atoms with Crippen LogP contribution in [-0.2, 0) is 0 Å². The Bertz CT molecular complexity index is 1240. The van der Waals surface area contributed by atoms with Crippen LogP contribution in [0.25, 0.3) is 33.4 Å². The van der Waals surface area contributed by atoms with E-state index < -0.39 is 0 Å².